The van der Waals surface area contributed by atoms with Gasteiger partial charge >= 0.3 is 0 Å². The van der Waals surface area contributed by atoms with Crippen molar-refractivity contribution >= 4 is 57.0 Å². The van der Waals surface area contributed by atoms with E-state index < -0.39 is 5.83 Å². The fourth-order valence-electron chi connectivity index (χ4n) is 4.38. The van der Waals surface area contributed by atoms with Crippen LogP contribution in [0.5, 0.6) is 5.75 Å². The third-order valence-corrected chi connectivity index (χ3v) is 7.04. The van der Waals surface area contributed by atoms with E-state index in [0.717, 1.165) is 12.8 Å². The summed E-state index contributed by atoms with van der Waals surface area (Å²) in [6.07, 6.45) is 4.98. The molecule has 1 fully saturated rings. The number of fused-ring (bicyclic) bond motifs is 1. The zero-order valence-corrected chi connectivity index (χ0v) is 23.4. The number of carbonyl (C=O) groups is 1. The summed E-state index contributed by atoms with van der Waals surface area (Å²) in [7, 11) is 0. The van der Waals surface area contributed by atoms with Gasteiger partial charge in [-0.2, -0.15) is 0 Å². The number of hydrogen-bond donors (Lipinski definition) is 3. The second kappa shape index (κ2) is 12.6. The Morgan fingerprint density at radius 2 is 2.22 bits per heavy atom. The molecule has 1 saturated heterocycles. The van der Waals surface area contributed by atoms with Gasteiger partial charge in [-0.05, 0) is 43.9 Å². The van der Waals surface area contributed by atoms with E-state index in [2.05, 4.69) is 20.3 Å². The average Bonchev–Trinajstić information content (AvgIpc) is 3.34. The molecule has 0 saturated carbocycles. The quantitative estimate of drug-likeness (QED) is 0.132. The van der Waals surface area contributed by atoms with Gasteiger partial charge in [0.25, 0.3) is 5.91 Å². The van der Waals surface area contributed by atoms with Crippen LogP contribution in [0.3, 0.4) is 0 Å². The van der Waals surface area contributed by atoms with Crippen molar-refractivity contribution in [3.05, 3.63) is 70.5 Å². The van der Waals surface area contributed by atoms with Gasteiger partial charge < -0.3 is 25.7 Å². The number of likely N-dealkylation sites (tertiary alicyclic amines) is 1. The molecule has 11 heteroatoms. The number of piperidine rings is 1. The number of rotatable bonds is 9. The Labute approximate surface area is 233 Å². The molecule has 0 bridgehead atoms. The molecule has 3 heterocycles. The van der Waals surface area contributed by atoms with E-state index >= 15 is 0 Å². The minimum Gasteiger partial charge on any atom is -0.493 e. The van der Waals surface area contributed by atoms with Crippen molar-refractivity contribution in [3.63, 3.8) is 0 Å². The minimum atomic E-state index is -0.408. The summed E-state index contributed by atoms with van der Waals surface area (Å²) in [5, 5.41) is 4.31. The molecule has 8 nitrogen and oxygen atoms in total. The van der Waals surface area contributed by atoms with Crippen LogP contribution in [-0.4, -0.2) is 57.3 Å². The number of H-pyrrole nitrogens is 1. The summed E-state index contributed by atoms with van der Waals surface area (Å²) in [5.74, 6) is 0.475. The van der Waals surface area contributed by atoms with Crippen molar-refractivity contribution in [2.45, 2.75) is 19.8 Å². The predicted octanol–water partition coefficient (Wildman–Crippen LogP) is 5.04. The summed E-state index contributed by atoms with van der Waals surface area (Å²) in [5.41, 5.74) is 8.03. The largest absolute Gasteiger partial charge is 0.493 e. The summed E-state index contributed by atoms with van der Waals surface area (Å²) in [6.45, 7) is 4.05. The fourth-order valence-corrected chi connectivity index (χ4v) is 4.90. The molecule has 4 rings (SSSR count). The number of halogens is 3. The Bertz CT molecular complexity index is 1330. The first-order valence-corrected chi connectivity index (χ1v) is 14.0. The highest BCUT2D eigenvalue weighted by Gasteiger charge is 2.26. The molecule has 1 amide bonds. The highest BCUT2D eigenvalue weighted by atomic mass is 127. The molecule has 1 atom stereocenters. The number of benzene rings is 1. The third kappa shape index (κ3) is 6.53. The first-order chi connectivity index (χ1) is 17.9. The molecule has 4 N–H and O–H groups in total. The summed E-state index contributed by atoms with van der Waals surface area (Å²) >= 11 is 8.04. The van der Waals surface area contributed by atoms with E-state index in [9.17, 15) is 9.18 Å². The number of alkyl halides is 1. The molecule has 1 aliphatic heterocycles. The molecular weight excluding hydrogens is 610 g/mol. The molecule has 0 spiro atoms. The molecule has 2 aromatic heterocycles. The molecule has 1 aromatic carbocycles. The van der Waals surface area contributed by atoms with Crippen LogP contribution in [0.25, 0.3) is 11.0 Å². The van der Waals surface area contributed by atoms with Crippen LogP contribution in [0.4, 0.5) is 4.39 Å². The van der Waals surface area contributed by atoms with Gasteiger partial charge in [0, 0.05) is 43.0 Å². The lowest BCUT2D eigenvalue weighted by molar-refractivity contribution is 0.0670. The Hall–Kier alpha value is -2.86. The molecule has 0 unspecified atom stereocenters. The number of amides is 1. The second-order valence-corrected chi connectivity index (χ2v) is 9.90. The van der Waals surface area contributed by atoms with Gasteiger partial charge in [0.2, 0.25) is 0 Å². The lowest BCUT2D eigenvalue weighted by Gasteiger charge is -2.33. The van der Waals surface area contributed by atoms with Crippen molar-refractivity contribution in [1.82, 2.24) is 20.2 Å². The number of aromatic nitrogens is 2. The van der Waals surface area contributed by atoms with E-state index in [1.54, 1.807) is 18.3 Å². The number of nitrogens with one attached hydrogen (secondary N) is 2. The van der Waals surface area contributed by atoms with Gasteiger partial charge in [0.1, 0.15) is 17.2 Å². The van der Waals surface area contributed by atoms with Crippen LogP contribution in [0.1, 0.15) is 35.7 Å². The SMILES string of the molecule is CCOc1ccccc1C(=O)N1CCC[C@H](CN/C(N=C(N)c2c[nH]c3ncc(Cl)cc23)=C(\F)CI)C1. The van der Waals surface area contributed by atoms with Gasteiger partial charge in [-0.25, -0.2) is 14.4 Å². The van der Waals surface area contributed by atoms with E-state index in [0.29, 0.717) is 59.2 Å². The zero-order chi connectivity index (χ0) is 26.4. The number of nitrogens with zero attached hydrogens (tertiary/aromatic N) is 3. The van der Waals surface area contributed by atoms with Crippen LogP contribution in [-0.2, 0) is 0 Å². The smallest absolute Gasteiger partial charge is 0.257 e. The number of aromatic amines is 1. The van der Waals surface area contributed by atoms with Crippen molar-refractivity contribution in [2.24, 2.45) is 16.6 Å². The standard InChI is InChI=1S/C26H29ClFIN6O2/c1-2-37-22-8-4-3-7-18(22)26(36)35-9-5-6-16(15-35)12-31-25(21(28)11-29)34-23(30)20-14-33-24-19(20)10-17(27)13-32-24/h3-4,7-8,10,13-14,16,31H,2,5-6,9,11-12,15H2,1H3,(H2,30,34)(H,32,33)/b25-21+/t16-/m1/s1. The number of ether oxygens (including phenoxy) is 1. The van der Waals surface area contributed by atoms with E-state index in [1.807, 2.05) is 52.6 Å². The molecule has 37 heavy (non-hydrogen) atoms. The van der Waals surface area contributed by atoms with Crippen LogP contribution in [0.15, 0.2) is 59.4 Å². The first-order valence-electron chi connectivity index (χ1n) is 12.1. The van der Waals surface area contributed by atoms with Crippen LogP contribution in [0, 0.1) is 5.92 Å². The summed E-state index contributed by atoms with van der Waals surface area (Å²) in [6, 6.07) is 9.03. The van der Waals surface area contributed by atoms with E-state index in [4.69, 9.17) is 22.1 Å². The van der Waals surface area contributed by atoms with Crippen LogP contribution in [0.2, 0.25) is 5.02 Å². The maximum absolute atomic E-state index is 14.8. The van der Waals surface area contributed by atoms with E-state index in [-0.39, 0.29) is 27.9 Å². The van der Waals surface area contributed by atoms with Crippen molar-refractivity contribution in [1.29, 1.82) is 0 Å². The Morgan fingerprint density at radius 3 is 3.00 bits per heavy atom. The maximum Gasteiger partial charge on any atom is 0.257 e. The number of pyridine rings is 1. The molecule has 3 aromatic rings. The number of carbonyl (C=O) groups excluding carboxylic acids is 1. The number of amidine groups is 1. The second-order valence-electron chi connectivity index (χ2n) is 8.71. The number of hydrogen-bond acceptors (Lipinski definition) is 5. The third-order valence-electron chi connectivity index (χ3n) is 6.16. The Balaban J connectivity index is 1.47. The van der Waals surface area contributed by atoms with Crippen molar-refractivity contribution in [3.8, 4) is 5.75 Å². The monoisotopic (exact) mass is 638 g/mol. The Morgan fingerprint density at radius 1 is 1.41 bits per heavy atom. The molecule has 1 aliphatic rings. The van der Waals surface area contributed by atoms with Crippen molar-refractivity contribution < 1.29 is 13.9 Å². The normalized spacial score (nSPS) is 17.0. The highest BCUT2D eigenvalue weighted by Crippen LogP contribution is 2.25. The van der Waals surface area contributed by atoms with Crippen LogP contribution >= 0.6 is 34.2 Å². The molecule has 196 valence electrons. The number of aliphatic imine (C=N–C) groups is 1. The number of para-hydroxylation sites is 1. The Kier molecular flexibility index (Phi) is 9.25. The minimum absolute atomic E-state index is 0.0585. The summed E-state index contributed by atoms with van der Waals surface area (Å²) < 4.78 is 20.6. The number of allylic oxidation sites excluding steroid dienone is 1. The lowest BCUT2D eigenvalue weighted by atomic mass is 9.97. The zero-order valence-electron chi connectivity index (χ0n) is 20.4. The van der Waals surface area contributed by atoms with Gasteiger partial charge in [0.15, 0.2) is 11.6 Å². The van der Waals surface area contributed by atoms with Gasteiger partial charge in [-0.1, -0.05) is 46.3 Å². The highest BCUT2D eigenvalue weighted by molar-refractivity contribution is 14.1. The predicted molar refractivity (Wildman–Crippen MR) is 153 cm³/mol. The van der Waals surface area contributed by atoms with E-state index in [1.165, 1.54) is 6.20 Å². The topological polar surface area (TPSA) is 109 Å². The van der Waals surface area contributed by atoms with Gasteiger partial charge in [-0.3, -0.25) is 4.79 Å². The molecule has 0 aliphatic carbocycles. The fraction of sp³-hybridized carbons (Fsp3) is 0.346. The molecular formula is C26H29ClFIN6O2. The van der Waals surface area contributed by atoms with Gasteiger partial charge in [0.05, 0.1) is 21.6 Å². The maximum atomic E-state index is 14.8. The molecule has 0 radical (unpaired) electrons. The first kappa shape index (κ1) is 27.2. The van der Waals surface area contributed by atoms with Crippen molar-refractivity contribution in [2.75, 3.05) is 30.7 Å². The van der Waals surface area contributed by atoms with Crippen LogP contribution < -0.4 is 15.8 Å². The average molecular weight is 639 g/mol. The lowest BCUT2D eigenvalue weighted by Crippen LogP contribution is -2.43. The number of nitrogens with two attached hydrogens (primary N) is 1. The van der Waals surface area contributed by atoms with Gasteiger partial charge in [-0.15, -0.1) is 0 Å². The summed E-state index contributed by atoms with van der Waals surface area (Å²) in [4.78, 5) is 26.7.